The number of ether oxygens (including phenoxy) is 2. The Hall–Kier alpha value is -1.97. The van der Waals surface area contributed by atoms with Crippen LogP contribution in [0.5, 0.6) is 11.5 Å². The molecule has 0 unspecified atom stereocenters. The lowest BCUT2D eigenvalue weighted by Crippen LogP contribution is -2.26. The van der Waals surface area contributed by atoms with E-state index < -0.39 is 0 Å². The lowest BCUT2D eigenvalue weighted by molar-refractivity contribution is -0.577. The van der Waals surface area contributed by atoms with Crippen LogP contribution >= 0.6 is 0 Å². The van der Waals surface area contributed by atoms with E-state index in [1.807, 2.05) is 6.07 Å². The molecule has 0 spiro atoms. The highest BCUT2D eigenvalue weighted by atomic mass is 16.5. The second kappa shape index (κ2) is 3.65. The largest absolute Gasteiger partial charge is 0.618 e. The second-order valence-corrected chi connectivity index (χ2v) is 3.10. The third-order valence-electron chi connectivity index (χ3n) is 2.25. The first-order valence-corrected chi connectivity index (χ1v) is 4.50. The minimum absolute atomic E-state index is 0.514. The van der Waals surface area contributed by atoms with Gasteiger partial charge in [-0.2, -0.15) is 4.73 Å². The summed E-state index contributed by atoms with van der Waals surface area (Å²) >= 11 is 0. The summed E-state index contributed by atoms with van der Waals surface area (Å²) in [5.74, 6) is 1.19. The van der Waals surface area contributed by atoms with Crippen molar-refractivity contribution >= 4 is 10.9 Å². The molecule has 1 aromatic heterocycles. The van der Waals surface area contributed by atoms with Crippen molar-refractivity contribution in [2.75, 3.05) is 14.2 Å². The molecule has 0 N–H and O–H groups in total. The summed E-state index contributed by atoms with van der Waals surface area (Å²) in [7, 11) is 3.11. The van der Waals surface area contributed by atoms with Crippen molar-refractivity contribution in [3.05, 3.63) is 35.7 Å². The first-order valence-electron chi connectivity index (χ1n) is 4.50. The van der Waals surface area contributed by atoms with E-state index in [4.69, 9.17) is 9.47 Å². The molecule has 2 aromatic rings. The van der Waals surface area contributed by atoms with Crippen LogP contribution in [0.1, 0.15) is 0 Å². The Balaban J connectivity index is 2.81. The first kappa shape index (κ1) is 9.58. The highest BCUT2D eigenvalue weighted by Crippen LogP contribution is 2.28. The van der Waals surface area contributed by atoms with Crippen LogP contribution in [0.25, 0.3) is 10.9 Å². The number of rotatable bonds is 2. The Morgan fingerprint density at radius 2 is 2.00 bits per heavy atom. The number of fused-ring (bicyclic) bond motifs is 1. The Morgan fingerprint density at radius 1 is 1.20 bits per heavy atom. The number of hydrogen-bond donors (Lipinski definition) is 0. The van der Waals surface area contributed by atoms with Crippen molar-refractivity contribution < 1.29 is 14.2 Å². The lowest BCUT2D eigenvalue weighted by Gasteiger charge is -2.08. The molecule has 0 saturated heterocycles. The van der Waals surface area contributed by atoms with E-state index in [0.717, 1.165) is 10.1 Å². The number of nitrogens with zero attached hydrogens (tertiary/aromatic N) is 1. The number of aromatic nitrogens is 1. The number of methoxy groups -OCH3 is 2. The molecule has 0 aliphatic rings. The Morgan fingerprint density at radius 3 is 2.67 bits per heavy atom. The van der Waals surface area contributed by atoms with Gasteiger partial charge in [0, 0.05) is 12.1 Å². The van der Waals surface area contributed by atoms with Crippen LogP contribution in [0, 0.1) is 5.21 Å². The minimum Gasteiger partial charge on any atom is -0.618 e. The van der Waals surface area contributed by atoms with Gasteiger partial charge in [0.15, 0.2) is 11.9 Å². The summed E-state index contributed by atoms with van der Waals surface area (Å²) in [5, 5.41) is 12.3. The predicted molar refractivity (Wildman–Crippen MR) is 56.0 cm³/mol. The van der Waals surface area contributed by atoms with E-state index in [0.29, 0.717) is 17.0 Å². The molecular weight excluding hydrogens is 194 g/mol. The van der Waals surface area contributed by atoms with Gasteiger partial charge in [0.25, 0.3) is 5.52 Å². The second-order valence-electron chi connectivity index (χ2n) is 3.10. The predicted octanol–water partition coefficient (Wildman–Crippen LogP) is 1.49. The van der Waals surface area contributed by atoms with Gasteiger partial charge in [-0.05, 0) is 12.1 Å². The molecule has 15 heavy (non-hydrogen) atoms. The molecule has 1 aromatic carbocycles. The van der Waals surface area contributed by atoms with Crippen LogP contribution in [0.15, 0.2) is 30.5 Å². The van der Waals surface area contributed by atoms with E-state index in [1.54, 1.807) is 25.3 Å². The van der Waals surface area contributed by atoms with Crippen LogP contribution in [0.4, 0.5) is 0 Å². The third-order valence-corrected chi connectivity index (χ3v) is 2.25. The van der Waals surface area contributed by atoms with Gasteiger partial charge in [0.2, 0.25) is 0 Å². The van der Waals surface area contributed by atoms with Gasteiger partial charge >= 0.3 is 0 Å². The molecule has 0 radical (unpaired) electrons. The number of benzene rings is 1. The molecule has 0 aliphatic heterocycles. The normalized spacial score (nSPS) is 10.3. The van der Waals surface area contributed by atoms with Gasteiger partial charge in [-0.15, -0.1) is 0 Å². The molecule has 0 saturated carbocycles. The number of hydrogen-bond acceptors (Lipinski definition) is 3. The summed E-state index contributed by atoms with van der Waals surface area (Å²) in [6.45, 7) is 0. The quantitative estimate of drug-likeness (QED) is 0.551. The molecule has 0 atom stereocenters. The summed E-state index contributed by atoms with van der Waals surface area (Å²) in [6.07, 6.45) is 1.44. The number of pyridine rings is 1. The van der Waals surface area contributed by atoms with Crippen molar-refractivity contribution in [2.45, 2.75) is 0 Å². The van der Waals surface area contributed by atoms with Gasteiger partial charge < -0.3 is 14.7 Å². The van der Waals surface area contributed by atoms with Gasteiger partial charge in [-0.25, -0.2) is 0 Å². The van der Waals surface area contributed by atoms with Crippen LogP contribution in [-0.4, -0.2) is 14.2 Å². The fourth-order valence-electron chi connectivity index (χ4n) is 1.54. The zero-order valence-electron chi connectivity index (χ0n) is 8.56. The van der Waals surface area contributed by atoms with Gasteiger partial charge in [-0.3, -0.25) is 0 Å². The van der Waals surface area contributed by atoms with Gasteiger partial charge in [0.1, 0.15) is 5.75 Å². The Bertz CT molecular complexity index is 496. The highest BCUT2D eigenvalue weighted by Gasteiger charge is 2.12. The Kier molecular flexibility index (Phi) is 2.33. The van der Waals surface area contributed by atoms with Crippen molar-refractivity contribution in [1.82, 2.24) is 0 Å². The van der Waals surface area contributed by atoms with Crippen molar-refractivity contribution in [3.63, 3.8) is 0 Å². The monoisotopic (exact) mass is 205 g/mol. The summed E-state index contributed by atoms with van der Waals surface area (Å²) in [4.78, 5) is 0. The smallest absolute Gasteiger partial charge is 0.266 e. The molecule has 0 fully saturated rings. The fraction of sp³-hybridized carbons (Fsp3) is 0.182. The maximum Gasteiger partial charge on any atom is 0.266 e. The standard InChI is InChI=1S/C11H11NO3/c1-14-9-6-8-4-3-5-12(13)11(8)10(7-9)15-2/h3-7H,1-2H3. The van der Waals surface area contributed by atoms with Crippen LogP contribution in [-0.2, 0) is 0 Å². The summed E-state index contributed by atoms with van der Waals surface area (Å²) < 4.78 is 11.0. The molecule has 0 bridgehead atoms. The zero-order chi connectivity index (χ0) is 10.8. The molecule has 78 valence electrons. The SMILES string of the molecule is COc1cc(OC)c2c(ccc[n+]2[O-])c1. The third kappa shape index (κ3) is 1.54. The molecule has 0 aliphatic carbocycles. The average Bonchev–Trinajstić information content (AvgIpc) is 2.27. The van der Waals surface area contributed by atoms with Crippen LogP contribution in [0.3, 0.4) is 0 Å². The Labute approximate surface area is 87.2 Å². The van der Waals surface area contributed by atoms with E-state index in [-0.39, 0.29) is 0 Å². The van der Waals surface area contributed by atoms with Gasteiger partial charge in [0.05, 0.1) is 19.6 Å². The summed E-state index contributed by atoms with van der Waals surface area (Å²) in [5.41, 5.74) is 0.515. The molecule has 4 heteroatoms. The highest BCUT2D eigenvalue weighted by molar-refractivity contribution is 5.83. The van der Waals surface area contributed by atoms with E-state index in [1.165, 1.54) is 13.3 Å². The van der Waals surface area contributed by atoms with Crippen LogP contribution < -0.4 is 14.2 Å². The minimum atomic E-state index is 0.514. The zero-order valence-corrected chi connectivity index (χ0v) is 8.56. The molecule has 1 heterocycles. The topological polar surface area (TPSA) is 45.4 Å². The van der Waals surface area contributed by atoms with Gasteiger partial charge in [-0.1, -0.05) is 0 Å². The maximum atomic E-state index is 11.6. The average molecular weight is 205 g/mol. The molecule has 2 rings (SSSR count). The van der Waals surface area contributed by atoms with Crippen molar-refractivity contribution in [1.29, 1.82) is 0 Å². The van der Waals surface area contributed by atoms with E-state index in [9.17, 15) is 5.21 Å². The maximum absolute atomic E-state index is 11.6. The first-order chi connectivity index (χ1) is 7.26. The molecule has 4 nitrogen and oxygen atoms in total. The van der Waals surface area contributed by atoms with E-state index in [2.05, 4.69) is 0 Å². The van der Waals surface area contributed by atoms with E-state index >= 15 is 0 Å². The summed E-state index contributed by atoms with van der Waals surface area (Å²) in [6, 6.07) is 7.02. The molecular formula is C11H11NO3. The van der Waals surface area contributed by atoms with Crippen molar-refractivity contribution in [3.8, 4) is 11.5 Å². The van der Waals surface area contributed by atoms with Crippen molar-refractivity contribution in [2.24, 2.45) is 0 Å². The van der Waals surface area contributed by atoms with Crippen LogP contribution in [0.2, 0.25) is 0 Å². The fourth-order valence-corrected chi connectivity index (χ4v) is 1.54. The lowest BCUT2D eigenvalue weighted by atomic mass is 10.2. The molecule has 0 amide bonds.